The van der Waals surface area contributed by atoms with Crippen molar-refractivity contribution in [3.63, 3.8) is 0 Å². The zero-order valence-electron chi connectivity index (χ0n) is 8.20. The minimum absolute atomic E-state index is 0. The molecule has 0 aromatic heterocycles. The number of hydrogen-bond donors (Lipinski definition) is 4. The second kappa shape index (κ2) is 7.64. The molecule has 0 atom stereocenters. The molecule has 0 aliphatic heterocycles. The van der Waals surface area contributed by atoms with E-state index in [2.05, 4.69) is 13.1 Å². The van der Waals surface area contributed by atoms with Crippen LogP contribution in [-0.4, -0.2) is 55.1 Å². The van der Waals surface area contributed by atoms with E-state index in [9.17, 15) is 18.5 Å². The number of phosphoric acid groups is 3. The SMILES string of the molecule is CCC(=O)OP(=O)(OP(=O)(O)O)OP(=O)(O)O.[NaH]. The van der Waals surface area contributed by atoms with Crippen LogP contribution in [0.15, 0.2) is 0 Å². The third kappa shape index (κ3) is 10.8. The van der Waals surface area contributed by atoms with Gasteiger partial charge in [-0.25, -0.2) is 13.7 Å². The summed E-state index contributed by atoms with van der Waals surface area (Å²) in [5.41, 5.74) is 0. The molecule has 0 rings (SSSR count). The van der Waals surface area contributed by atoms with E-state index in [0.717, 1.165) is 0 Å². The molecule has 0 fully saturated rings. The van der Waals surface area contributed by atoms with Crippen LogP contribution >= 0.6 is 23.5 Å². The Morgan fingerprint density at radius 3 is 1.56 bits per heavy atom. The van der Waals surface area contributed by atoms with Gasteiger partial charge in [-0.3, -0.25) is 4.79 Å². The van der Waals surface area contributed by atoms with Crippen molar-refractivity contribution in [2.75, 3.05) is 0 Å². The molecule has 4 N–H and O–H groups in total. The summed E-state index contributed by atoms with van der Waals surface area (Å²) in [7, 11) is -16.3. The van der Waals surface area contributed by atoms with Crippen molar-refractivity contribution in [1.82, 2.24) is 0 Å². The molecule has 0 radical (unpaired) electrons. The first-order valence-electron chi connectivity index (χ1n) is 3.73. The molecule has 0 aromatic carbocycles. The average Bonchev–Trinajstić information content (AvgIpc) is 1.94. The van der Waals surface area contributed by atoms with E-state index in [1.165, 1.54) is 6.92 Å². The molecule has 18 heavy (non-hydrogen) atoms. The van der Waals surface area contributed by atoms with E-state index >= 15 is 0 Å². The van der Waals surface area contributed by atoms with Gasteiger partial charge in [0, 0.05) is 6.42 Å². The fourth-order valence-corrected chi connectivity index (χ4v) is 3.62. The van der Waals surface area contributed by atoms with Gasteiger partial charge in [0.1, 0.15) is 0 Å². The Balaban J connectivity index is 0. The summed E-state index contributed by atoms with van der Waals surface area (Å²) in [5.74, 6) is -1.30. The molecule has 0 aliphatic rings. The first-order chi connectivity index (χ1) is 7.37. The van der Waals surface area contributed by atoms with Gasteiger partial charge in [-0.15, -0.1) is 0 Å². The van der Waals surface area contributed by atoms with Crippen LogP contribution in [0.5, 0.6) is 0 Å². The molecule has 104 valence electrons. The van der Waals surface area contributed by atoms with Crippen molar-refractivity contribution in [1.29, 1.82) is 0 Å². The van der Waals surface area contributed by atoms with E-state index < -0.39 is 29.4 Å². The van der Waals surface area contributed by atoms with Gasteiger partial charge in [-0.1, -0.05) is 6.92 Å². The minimum atomic E-state index is -5.45. The molecule has 0 heterocycles. The monoisotopic (exact) mass is 338 g/mol. The Bertz CT molecular complexity index is 391. The fraction of sp³-hybridized carbons (Fsp3) is 0.667. The molecule has 0 amide bonds. The fourth-order valence-electron chi connectivity index (χ4n) is 0.498. The Kier molecular flexibility index (Phi) is 9.00. The summed E-state index contributed by atoms with van der Waals surface area (Å²) >= 11 is 0. The maximum atomic E-state index is 11.3. The Morgan fingerprint density at radius 2 is 1.33 bits per heavy atom. The standard InChI is InChI=1S/C3H9O11P3.Na.H/c1-2-3(4)12-17(11,13-15(5,6)7)14-16(8,9)10;;/h2H2,1H3,(H2,5,6,7)(H2,8,9,10);;. The quantitative estimate of drug-likeness (QED) is 0.366. The summed E-state index contributed by atoms with van der Waals surface area (Å²) in [6.45, 7) is 1.22. The maximum absolute atomic E-state index is 11.3. The van der Waals surface area contributed by atoms with Crippen LogP contribution < -0.4 is 0 Å². The van der Waals surface area contributed by atoms with Crippen molar-refractivity contribution in [2.45, 2.75) is 13.3 Å². The average molecular weight is 338 g/mol. The molecular formula is C3H10NaO11P3. The van der Waals surface area contributed by atoms with Crippen LogP contribution in [0.2, 0.25) is 0 Å². The summed E-state index contributed by atoms with van der Waals surface area (Å²) < 4.78 is 42.8. The molecule has 0 aliphatic carbocycles. The summed E-state index contributed by atoms with van der Waals surface area (Å²) in [4.78, 5) is 44.1. The van der Waals surface area contributed by atoms with Crippen molar-refractivity contribution in [2.24, 2.45) is 0 Å². The van der Waals surface area contributed by atoms with Gasteiger partial charge in [0.05, 0.1) is 0 Å². The molecule has 0 spiro atoms. The van der Waals surface area contributed by atoms with Crippen molar-refractivity contribution < 1.29 is 51.2 Å². The molecule has 11 nitrogen and oxygen atoms in total. The molecule has 0 bridgehead atoms. The van der Waals surface area contributed by atoms with Crippen LogP contribution in [0.3, 0.4) is 0 Å². The number of rotatable bonds is 6. The second-order valence-corrected chi connectivity index (χ2v) is 6.75. The van der Waals surface area contributed by atoms with E-state index in [1.807, 2.05) is 0 Å². The topological polar surface area (TPSA) is 177 Å². The Morgan fingerprint density at radius 1 is 1.00 bits per heavy atom. The van der Waals surface area contributed by atoms with E-state index in [0.29, 0.717) is 0 Å². The second-order valence-electron chi connectivity index (χ2n) is 2.41. The van der Waals surface area contributed by atoms with Gasteiger partial charge >= 0.3 is 59.0 Å². The zero-order valence-corrected chi connectivity index (χ0v) is 10.9. The van der Waals surface area contributed by atoms with Gasteiger partial charge in [0.15, 0.2) is 0 Å². The molecular weight excluding hydrogens is 328 g/mol. The number of carbonyl (C=O) groups excluding carboxylic acids is 1. The van der Waals surface area contributed by atoms with E-state index in [-0.39, 0.29) is 36.0 Å². The summed E-state index contributed by atoms with van der Waals surface area (Å²) in [6.07, 6.45) is -0.390. The third-order valence-electron chi connectivity index (χ3n) is 0.915. The van der Waals surface area contributed by atoms with Crippen molar-refractivity contribution in [3.05, 3.63) is 0 Å². The van der Waals surface area contributed by atoms with Gasteiger partial charge in [-0.05, 0) is 0 Å². The van der Waals surface area contributed by atoms with Crippen LogP contribution in [0.4, 0.5) is 0 Å². The van der Waals surface area contributed by atoms with Gasteiger partial charge < -0.3 is 24.1 Å². The molecule has 0 unspecified atom stereocenters. The first kappa shape index (κ1) is 21.2. The van der Waals surface area contributed by atoms with Gasteiger partial charge in [-0.2, -0.15) is 8.62 Å². The first-order valence-corrected chi connectivity index (χ1v) is 8.25. The zero-order chi connectivity index (χ0) is 13.9. The van der Waals surface area contributed by atoms with Crippen molar-refractivity contribution in [3.8, 4) is 0 Å². The molecule has 15 heteroatoms. The van der Waals surface area contributed by atoms with Gasteiger partial charge in [0.2, 0.25) is 0 Å². The van der Waals surface area contributed by atoms with Crippen LogP contribution in [0, 0.1) is 0 Å². The molecule has 0 saturated heterocycles. The molecule has 0 aromatic rings. The van der Waals surface area contributed by atoms with Gasteiger partial charge in [0.25, 0.3) is 0 Å². The normalized spacial score (nSPS) is 12.7. The predicted octanol–water partition coefficient (Wildman–Crippen LogP) is -0.382. The summed E-state index contributed by atoms with van der Waals surface area (Å²) in [5, 5.41) is 0. The van der Waals surface area contributed by atoms with E-state index in [4.69, 9.17) is 19.6 Å². The Hall–Kier alpha value is 0.920. The van der Waals surface area contributed by atoms with Crippen LogP contribution in [-0.2, 0) is 31.6 Å². The number of carbonyl (C=O) groups is 1. The van der Waals surface area contributed by atoms with Crippen LogP contribution in [0.1, 0.15) is 13.3 Å². The van der Waals surface area contributed by atoms with E-state index in [1.54, 1.807) is 0 Å². The van der Waals surface area contributed by atoms with Crippen LogP contribution in [0.25, 0.3) is 0 Å². The molecule has 0 saturated carbocycles. The Labute approximate surface area is 123 Å². The summed E-state index contributed by atoms with van der Waals surface area (Å²) in [6, 6.07) is 0. The number of hydrogen-bond acceptors (Lipinski definition) is 7. The third-order valence-corrected chi connectivity index (χ3v) is 4.64. The van der Waals surface area contributed by atoms with Crippen molar-refractivity contribution >= 4 is 59.0 Å². The predicted molar refractivity (Wildman–Crippen MR) is 57.4 cm³/mol.